The molecule has 0 bridgehead atoms. The molecule has 2 aliphatic rings. The van der Waals surface area contributed by atoms with Gasteiger partial charge in [0.25, 0.3) is 6.01 Å². The topological polar surface area (TPSA) is 76.6 Å². The average molecular weight is 252 g/mol. The summed E-state index contributed by atoms with van der Waals surface area (Å²) in [5.74, 6) is 0. The van der Waals surface area contributed by atoms with Gasteiger partial charge in [-0.25, -0.2) is 0 Å². The lowest BCUT2D eigenvalue weighted by molar-refractivity contribution is 0.00695. The van der Waals surface area contributed by atoms with Gasteiger partial charge in [0.15, 0.2) is 6.10 Å². The molecule has 2 N–H and O–H groups in total. The van der Waals surface area contributed by atoms with Crippen LogP contribution in [0.5, 0.6) is 6.01 Å². The molecule has 2 saturated heterocycles. The van der Waals surface area contributed by atoms with Crippen LogP contribution in [-0.2, 0) is 9.47 Å². The predicted molar refractivity (Wildman–Crippen MR) is 63.4 cm³/mol. The Hall–Kier alpha value is -1.37. The zero-order valence-electron chi connectivity index (χ0n) is 10.1. The van der Waals surface area contributed by atoms with Crippen LogP contribution in [0.2, 0.25) is 0 Å². The Morgan fingerprint density at radius 2 is 2.22 bits per heavy atom. The standard InChI is InChI=1S/C12H16N2O4/c1-3-7-6(2)13-12(14-7)18-9-5-17-10-8(15)4-16-11(9)10/h3,8-11,15H,2,4-5H2,1H3,(H,13,14)/b7-3+/t8-,9-,10-,11-/m1/s1. The molecule has 0 aliphatic carbocycles. The molecular weight excluding hydrogens is 236 g/mol. The maximum absolute atomic E-state index is 9.63. The monoisotopic (exact) mass is 252 g/mol. The third kappa shape index (κ3) is 1.82. The molecular formula is C12H16N2O4. The number of H-pyrrole nitrogens is 1. The molecule has 98 valence electrons. The first-order valence-electron chi connectivity index (χ1n) is 5.98. The second-order valence-electron chi connectivity index (χ2n) is 4.51. The first kappa shape index (κ1) is 11.7. The summed E-state index contributed by atoms with van der Waals surface area (Å²) < 4.78 is 16.7. The largest absolute Gasteiger partial charge is 0.456 e. The van der Waals surface area contributed by atoms with Crippen molar-refractivity contribution in [2.75, 3.05) is 13.2 Å². The Kier molecular flexibility index (Phi) is 2.85. The summed E-state index contributed by atoms with van der Waals surface area (Å²) >= 11 is 0. The van der Waals surface area contributed by atoms with Gasteiger partial charge in [-0.15, -0.1) is 0 Å². The number of aromatic nitrogens is 2. The van der Waals surface area contributed by atoms with Crippen LogP contribution in [0, 0.1) is 0 Å². The van der Waals surface area contributed by atoms with Crippen LogP contribution in [0.1, 0.15) is 6.92 Å². The van der Waals surface area contributed by atoms with Crippen LogP contribution in [0.4, 0.5) is 0 Å². The minimum atomic E-state index is -0.567. The van der Waals surface area contributed by atoms with Crippen molar-refractivity contribution in [1.29, 1.82) is 0 Å². The summed E-state index contributed by atoms with van der Waals surface area (Å²) in [4.78, 5) is 7.22. The first-order valence-corrected chi connectivity index (χ1v) is 5.98. The maximum atomic E-state index is 9.63. The third-order valence-corrected chi connectivity index (χ3v) is 3.31. The van der Waals surface area contributed by atoms with E-state index in [0.29, 0.717) is 19.2 Å². The van der Waals surface area contributed by atoms with Gasteiger partial charge in [-0.1, -0.05) is 12.7 Å². The van der Waals surface area contributed by atoms with Gasteiger partial charge in [0.1, 0.15) is 18.3 Å². The molecule has 2 aliphatic heterocycles. The molecule has 1 aromatic heterocycles. The van der Waals surface area contributed by atoms with Crippen molar-refractivity contribution in [2.24, 2.45) is 0 Å². The van der Waals surface area contributed by atoms with Crippen molar-refractivity contribution in [3.8, 4) is 6.01 Å². The molecule has 1 aromatic rings. The molecule has 6 nitrogen and oxygen atoms in total. The van der Waals surface area contributed by atoms with Crippen molar-refractivity contribution in [3.63, 3.8) is 0 Å². The van der Waals surface area contributed by atoms with Crippen LogP contribution in [0.3, 0.4) is 0 Å². The van der Waals surface area contributed by atoms with Gasteiger partial charge in [0, 0.05) is 0 Å². The Labute approximate surface area is 104 Å². The van der Waals surface area contributed by atoms with Crippen LogP contribution < -0.4 is 15.4 Å². The minimum absolute atomic E-state index is 0.229. The fourth-order valence-electron chi connectivity index (χ4n) is 2.38. The van der Waals surface area contributed by atoms with Gasteiger partial charge in [0.05, 0.1) is 23.9 Å². The van der Waals surface area contributed by atoms with Crippen LogP contribution >= 0.6 is 0 Å². The number of nitrogens with one attached hydrogen (secondary N) is 1. The number of aliphatic hydroxyl groups excluding tert-OH is 1. The summed E-state index contributed by atoms with van der Waals surface area (Å²) in [5, 5.41) is 11.1. The second-order valence-corrected chi connectivity index (χ2v) is 4.51. The van der Waals surface area contributed by atoms with E-state index in [2.05, 4.69) is 16.5 Å². The van der Waals surface area contributed by atoms with E-state index in [-0.39, 0.29) is 18.3 Å². The Morgan fingerprint density at radius 1 is 1.44 bits per heavy atom. The van der Waals surface area contributed by atoms with Crippen molar-refractivity contribution in [1.82, 2.24) is 9.97 Å². The highest BCUT2D eigenvalue weighted by atomic mass is 16.6. The molecule has 0 unspecified atom stereocenters. The number of nitrogens with zero attached hydrogens (tertiary/aromatic N) is 1. The summed E-state index contributed by atoms with van der Waals surface area (Å²) in [5.41, 5.74) is 0. The number of ether oxygens (including phenoxy) is 3. The van der Waals surface area contributed by atoms with Crippen LogP contribution in [0.15, 0.2) is 0 Å². The molecule has 0 aromatic carbocycles. The van der Waals surface area contributed by atoms with E-state index in [1.54, 1.807) is 0 Å². The van der Waals surface area contributed by atoms with Gasteiger partial charge in [0.2, 0.25) is 0 Å². The molecule has 0 amide bonds. The number of imidazole rings is 1. The zero-order chi connectivity index (χ0) is 12.7. The normalized spacial score (nSPS) is 36.0. The highest BCUT2D eigenvalue weighted by Gasteiger charge is 2.48. The van der Waals surface area contributed by atoms with E-state index in [9.17, 15) is 5.11 Å². The number of aromatic amines is 1. The van der Waals surface area contributed by atoms with Gasteiger partial charge < -0.3 is 24.3 Å². The highest BCUT2D eigenvalue weighted by Crippen LogP contribution is 2.28. The Morgan fingerprint density at radius 3 is 2.94 bits per heavy atom. The molecule has 2 fully saturated rings. The fourth-order valence-corrected chi connectivity index (χ4v) is 2.38. The van der Waals surface area contributed by atoms with Crippen molar-refractivity contribution in [2.45, 2.75) is 31.3 Å². The van der Waals surface area contributed by atoms with E-state index in [1.807, 2.05) is 13.0 Å². The van der Waals surface area contributed by atoms with Gasteiger partial charge >= 0.3 is 0 Å². The van der Waals surface area contributed by atoms with E-state index in [4.69, 9.17) is 14.2 Å². The van der Waals surface area contributed by atoms with Gasteiger partial charge in [-0.2, -0.15) is 4.98 Å². The number of rotatable bonds is 2. The van der Waals surface area contributed by atoms with Crippen LogP contribution in [-0.4, -0.2) is 52.7 Å². The molecule has 0 radical (unpaired) electrons. The van der Waals surface area contributed by atoms with Gasteiger partial charge in [-0.05, 0) is 6.92 Å². The Bertz CT molecular complexity index is 541. The quantitative estimate of drug-likeness (QED) is 0.672. The van der Waals surface area contributed by atoms with Crippen molar-refractivity contribution >= 4 is 12.7 Å². The number of hydrogen-bond acceptors (Lipinski definition) is 5. The second kappa shape index (κ2) is 4.38. The molecule has 3 rings (SSSR count). The first-order chi connectivity index (χ1) is 8.69. The lowest BCUT2D eigenvalue weighted by atomic mass is 10.1. The van der Waals surface area contributed by atoms with Crippen LogP contribution in [0.25, 0.3) is 12.7 Å². The Balaban J connectivity index is 1.75. The minimum Gasteiger partial charge on any atom is -0.456 e. The zero-order valence-corrected chi connectivity index (χ0v) is 10.1. The lowest BCUT2D eigenvalue weighted by Gasteiger charge is -2.15. The van der Waals surface area contributed by atoms with Crippen molar-refractivity contribution < 1.29 is 19.3 Å². The summed E-state index contributed by atoms with van der Waals surface area (Å²) in [6, 6.07) is 0.410. The third-order valence-electron chi connectivity index (χ3n) is 3.31. The van der Waals surface area contributed by atoms with Crippen molar-refractivity contribution in [3.05, 3.63) is 10.7 Å². The molecule has 3 heterocycles. The number of fused-ring (bicyclic) bond motifs is 1. The molecule has 18 heavy (non-hydrogen) atoms. The molecule has 0 spiro atoms. The number of aliphatic hydroxyl groups is 1. The van der Waals surface area contributed by atoms with E-state index < -0.39 is 6.10 Å². The summed E-state index contributed by atoms with van der Waals surface area (Å²) in [6.45, 7) is 6.41. The molecule has 6 heteroatoms. The SMILES string of the molecule is C=c1[nH]c(O[C@@H]2CO[C@H]3[C@@H]2OC[C@H]3O)n/c1=C/C. The summed E-state index contributed by atoms with van der Waals surface area (Å²) in [7, 11) is 0. The highest BCUT2D eigenvalue weighted by molar-refractivity contribution is 5.18. The smallest absolute Gasteiger partial charge is 0.295 e. The maximum Gasteiger partial charge on any atom is 0.295 e. The van der Waals surface area contributed by atoms with E-state index >= 15 is 0 Å². The van der Waals surface area contributed by atoms with E-state index in [1.165, 1.54) is 0 Å². The molecule has 0 saturated carbocycles. The lowest BCUT2D eigenvalue weighted by Crippen LogP contribution is -2.34. The summed E-state index contributed by atoms with van der Waals surface area (Å²) in [6.07, 6.45) is 0.523. The fraction of sp³-hybridized carbons (Fsp3) is 0.583. The number of hydrogen-bond donors (Lipinski definition) is 2. The predicted octanol–water partition coefficient (Wildman–Crippen LogP) is -1.47. The average Bonchev–Trinajstić information content (AvgIpc) is 2.99. The molecule has 4 atom stereocenters. The van der Waals surface area contributed by atoms with Gasteiger partial charge in [-0.3, -0.25) is 0 Å². The van der Waals surface area contributed by atoms with E-state index in [0.717, 1.165) is 10.7 Å².